The Kier molecular flexibility index (Phi) is 6.17. The zero-order valence-electron chi connectivity index (χ0n) is 18.1. The highest BCUT2D eigenvalue weighted by Gasteiger charge is 2.32. The highest BCUT2D eigenvalue weighted by molar-refractivity contribution is 6.06. The van der Waals surface area contributed by atoms with E-state index in [0.717, 1.165) is 17.5 Å². The molecule has 4 aromatic rings. The fourth-order valence-electron chi connectivity index (χ4n) is 3.22. The van der Waals surface area contributed by atoms with E-state index in [-0.39, 0.29) is 5.56 Å². The van der Waals surface area contributed by atoms with E-state index in [0.29, 0.717) is 23.0 Å². The number of nitrogens with zero attached hydrogens (tertiary/aromatic N) is 4. The van der Waals surface area contributed by atoms with E-state index < -0.39 is 18.0 Å². The van der Waals surface area contributed by atoms with Gasteiger partial charge in [0.25, 0.3) is 5.91 Å². The average molecular weight is 468 g/mol. The maximum absolute atomic E-state index is 12.6. The number of alkyl halides is 3. The normalized spacial score (nSPS) is 11.2. The van der Waals surface area contributed by atoms with E-state index in [1.54, 1.807) is 41.1 Å². The minimum atomic E-state index is -4.90. The molecule has 2 aromatic heterocycles. The minimum absolute atomic E-state index is 0.236. The number of hydrogen-bond donors (Lipinski definition) is 2. The second-order valence-electron chi connectivity index (χ2n) is 7.32. The zero-order valence-corrected chi connectivity index (χ0v) is 18.1. The molecule has 11 heteroatoms. The average Bonchev–Trinajstić information content (AvgIpc) is 3.12. The quantitative estimate of drug-likeness (QED) is 0.405. The van der Waals surface area contributed by atoms with Gasteiger partial charge in [-0.3, -0.25) is 4.79 Å². The molecular formula is C23H19F3N6O2. The van der Waals surface area contributed by atoms with Gasteiger partial charge in [-0.2, -0.15) is 5.10 Å². The molecule has 0 saturated carbocycles. The summed E-state index contributed by atoms with van der Waals surface area (Å²) < 4.78 is 43.4. The summed E-state index contributed by atoms with van der Waals surface area (Å²) in [6, 6.07) is 17.2. The van der Waals surface area contributed by atoms with Gasteiger partial charge in [0.05, 0.1) is 11.3 Å². The standard InChI is InChI=1S/C23H19F3N6O2/c1-14-13-15(2)32(31-14)21-12-11-20(29-30-21)27-16-7-9-17(10-8-16)28-22(33)18-5-3-4-6-19(18)34-23(24,25)26/h3-13H,1-2H3,(H,27,29)(H,28,33). The second-order valence-corrected chi connectivity index (χ2v) is 7.32. The third kappa shape index (κ3) is 5.49. The Morgan fingerprint density at radius 3 is 2.26 bits per heavy atom. The molecule has 34 heavy (non-hydrogen) atoms. The summed E-state index contributed by atoms with van der Waals surface area (Å²) >= 11 is 0. The van der Waals surface area contributed by atoms with Crippen LogP contribution in [0.5, 0.6) is 5.75 Å². The van der Waals surface area contributed by atoms with E-state index in [2.05, 4.69) is 30.7 Å². The van der Waals surface area contributed by atoms with Gasteiger partial charge in [-0.05, 0) is 68.4 Å². The van der Waals surface area contributed by atoms with E-state index in [4.69, 9.17) is 0 Å². The molecule has 2 aromatic carbocycles. The number of carbonyl (C=O) groups is 1. The van der Waals surface area contributed by atoms with Crippen LogP contribution in [0, 0.1) is 13.8 Å². The Morgan fingerprint density at radius 2 is 1.65 bits per heavy atom. The van der Waals surface area contributed by atoms with Gasteiger partial charge >= 0.3 is 6.36 Å². The lowest BCUT2D eigenvalue weighted by Gasteiger charge is -2.13. The van der Waals surface area contributed by atoms with E-state index in [1.165, 1.54) is 18.2 Å². The van der Waals surface area contributed by atoms with Gasteiger partial charge in [-0.1, -0.05) is 12.1 Å². The first kappa shape index (κ1) is 22.8. The van der Waals surface area contributed by atoms with Gasteiger partial charge < -0.3 is 15.4 Å². The zero-order chi connectivity index (χ0) is 24.3. The number of aromatic nitrogens is 4. The number of benzene rings is 2. The Balaban J connectivity index is 1.41. The summed E-state index contributed by atoms with van der Waals surface area (Å²) in [6.45, 7) is 3.82. The number of rotatable bonds is 6. The molecule has 1 amide bonds. The predicted octanol–water partition coefficient (Wildman–Crippen LogP) is 5.17. The van der Waals surface area contributed by atoms with Crippen LogP contribution in [0.2, 0.25) is 0 Å². The first-order valence-electron chi connectivity index (χ1n) is 10.1. The van der Waals surface area contributed by atoms with Gasteiger partial charge in [-0.15, -0.1) is 23.4 Å². The maximum atomic E-state index is 12.6. The van der Waals surface area contributed by atoms with Gasteiger partial charge in [0.2, 0.25) is 0 Å². The summed E-state index contributed by atoms with van der Waals surface area (Å²) in [5.74, 6) is -0.219. The molecule has 0 atom stereocenters. The number of para-hydroxylation sites is 1. The number of aryl methyl sites for hydroxylation is 2. The van der Waals surface area contributed by atoms with Crippen LogP contribution in [0.25, 0.3) is 5.82 Å². The first-order chi connectivity index (χ1) is 16.2. The van der Waals surface area contributed by atoms with Gasteiger partial charge in [0, 0.05) is 17.1 Å². The number of halogens is 3. The van der Waals surface area contributed by atoms with Gasteiger partial charge in [-0.25, -0.2) is 4.68 Å². The van der Waals surface area contributed by atoms with Crippen molar-refractivity contribution >= 4 is 23.1 Å². The van der Waals surface area contributed by atoms with Crippen LogP contribution in [0.1, 0.15) is 21.7 Å². The van der Waals surface area contributed by atoms with Crippen LogP contribution >= 0.6 is 0 Å². The largest absolute Gasteiger partial charge is 0.573 e. The highest BCUT2D eigenvalue weighted by Crippen LogP contribution is 2.27. The Hall–Kier alpha value is -4.41. The lowest BCUT2D eigenvalue weighted by Crippen LogP contribution is -2.20. The molecule has 0 spiro atoms. The Morgan fingerprint density at radius 1 is 0.941 bits per heavy atom. The van der Waals surface area contributed by atoms with Crippen LogP contribution in [0.3, 0.4) is 0 Å². The van der Waals surface area contributed by atoms with Crippen molar-refractivity contribution in [1.82, 2.24) is 20.0 Å². The molecule has 2 heterocycles. The van der Waals surface area contributed by atoms with Crippen LogP contribution in [0.15, 0.2) is 66.7 Å². The van der Waals surface area contributed by atoms with E-state index in [1.807, 2.05) is 19.9 Å². The van der Waals surface area contributed by atoms with Crippen molar-refractivity contribution in [2.24, 2.45) is 0 Å². The van der Waals surface area contributed by atoms with Crippen LogP contribution in [-0.4, -0.2) is 32.2 Å². The maximum Gasteiger partial charge on any atom is 0.573 e. The Bertz CT molecular complexity index is 1300. The van der Waals surface area contributed by atoms with E-state index >= 15 is 0 Å². The molecule has 0 unspecified atom stereocenters. The molecule has 0 aliphatic heterocycles. The van der Waals surface area contributed by atoms with Crippen molar-refractivity contribution in [3.05, 3.63) is 83.7 Å². The first-order valence-corrected chi connectivity index (χ1v) is 10.1. The lowest BCUT2D eigenvalue weighted by molar-refractivity contribution is -0.274. The van der Waals surface area contributed by atoms with Crippen LogP contribution in [-0.2, 0) is 0 Å². The number of amides is 1. The third-order valence-corrected chi connectivity index (χ3v) is 4.65. The SMILES string of the molecule is Cc1cc(C)n(-c2ccc(Nc3ccc(NC(=O)c4ccccc4OC(F)(F)F)cc3)nn2)n1. The number of ether oxygens (including phenoxy) is 1. The van der Waals surface area contributed by atoms with E-state index in [9.17, 15) is 18.0 Å². The summed E-state index contributed by atoms with van der Waals surface area (Å²) in [5.41, 5.74) is 2.65. The molecule has 0 aliphatic rings. The summed E-state index contributed by atoms with van der Waals surface area (Å²) in [4.78, 5) is 12.5. The van der Waals surface area contributed by atoms with Crippen molar-refractivity contribution in [1.29, 1.82) is 0 Å². The summed E-state index contributed by atoms with van der Waals surface area (Å²) in [6.07, 6.45) is -4.90. The summed E-state index contributed by atoms with van der Waals surface area (Å²) in [5, 5.41) is 18.3. The minimum Gasteiger partial charge on any atom is -0.405 e. The lowest BCUT2D eigenvalue weighted by atomic mass is 10.2. The van der Waals surface area contributed by atoms with Crippen molar-refractivity contribution < 1.29 is 22.7 Å². The number of anilines is 3. The number of nitrogens with one attached hydrogen (secondary N) is 2. The van der Waals surface area contributed by atoms with Crippen molar-refractivity contribution in [2.45, 2.75) is 20.2 Å². The van der Waals surface area contributed by atoms with Crippen molar-refractivity contribution in [3.63, 3.8) is 0 Å². The number of hydrogen-bond acceptors (Lipinski definition) is 6. The van der Waals surface area contributed by atoms with Gasteiger partial charge in [0.1, 0.15) is 5.75 Å². The summed E-state index contributed by atoms with van der Waals surface area (Å²) in [7, 11) is 0. The monoisotopic (exact) mass is 468 g/mol. The number of carbonyl (C=O) groups excluding carboxylic acids is 1. The molecule has 2 N–H and O–H groups in total. The molecule has 174 valence electrons. The Labute approximate surface area is 192 Å². The molecular weight excluding hydrogens is 449 g/mol. The molecule has 0 saturated heterocycles. The van der Waals surface area contributed by atoms with Crippen LogP contribution < -0.4 is 15.4 Å². The predicted molar refractivity (Wildman–Crippen MR) is 119 cm³/mol. The van der Waals surface area contributed by atoms with Crippen LogP contribution in [0.4, 0.5) is 30.4 Å². The van der Waals surface area contributed by atoms with Gasteiger partial charge in [0.15, 0.2) is 11.6 Å². The molecule has 8 nitrogen and oxygen atoms in total. The third-order valence-electron chi connectivity index (χ3n) is 4.65. The molecule has 0 fully saturated rings. The topological polar surface area (TPSA) is 94.0 Å². The fraction of sp³-hybridized carbons (Fsp3) is 0.130. The van der Waals surface area contributed by atoms with Crippen molar-refractivity contribution in [2.75, 3.05) is 10.6 Å². The molecule has 4 rings (SSSR count). The smallest absolute Gasteiger partial charge is 0.405 e. The molecule has 0 bridgehead atoms. The fourth-order valence-corrected chi connectivity index (χ4v) is 3.22. The second kappa shape index (κ2) is 9.22. The molecule has 0 radical (unpaired) electrons. The molecule has 0 aliphatic carbocycles. The van der Waals surface area contributed by atoms with Crippen molar-refractivity contribution in [3.8, 4) is 11.6 Å². The highest BCUT2D eigenvalue weighted by atomic mass is 19.4.